The Balaban J connectivity index is 1.95. The molecule has 0 radical (unpaired) electrons. The number of rotatable bonds is 5. The molecule has 0 unspecified atom stereocenters. The molecule has 2 atom stereocenters. The molecule has 0 aliphatic carbocycles. The van der Waals surface area contributed by atoms with Crippen LogP contribution in [0.15, 0.2) is 4.52 Å². The minimum absolute atomic E-state index is 0.0614. The van der Waals surface area contributed by atoms with Crippen LogP contribution in [-0.4, -0.2) is 49.1 Å². The standard InChI is InChI=1S/C14H20N2O6S/c1-4-11-12(8(2)22-16-11)14(18)21-9(3)13(17)15-10-5-6-23(19,20)7-10/h9-10H,4-7H2,1-3H3,(H,15,17)/t9-,10+/m1/s1. The number of nitrogens with one attached hydrogen (secondary N) is 1. The first kappa shape index (κ1) is 17.5. The van der Waals surface area contributed by atoms with Gasteiger partial charge in [-0.2, -0.15) is 0 Å². The second-order valence-corrected chi connectivity index (χ2v) is 7.80. The molecule has 1 aromatic heterocycles. The zero-order valence-electron chi connectivity index (χ0n) is 13.3. The van der Waals surface area contributed by atoms with Gasteiger partial charge in [-0.1, -0.05) is 12.1 Å². The van der Waals surface area contributed by atoms with E-state index in [0.717, 1.165) is 0 Å². The van der Waals surface area contributed by atoms with Gasteiger partial charge in [0.25, 0.3) is 5.91 Å². The van der Waals surface area contributed by atoms with E-state index in [1.54, 1.807) is 6.92 Å². The van der Waals surface area contributed by atoms with Gasteiger partial charge in [-0.15, -0.1) is 0 Å². The number of aryl methyl sites for hydroxylation is 2. The summed E-state index contributed by atoms with van der Waals surface area (Å²) in [6.45, 7) is 4.85. The Morgan fingerprint density at radius 1 is 1.48 bits per heavy atom. The lowest BCUT2D eigenvalue weighted by Gasteiger charge is -2.16. The number of hydrogen-bond donors (Lipinski definition) is 1. The first-order chi connectivity index (χ1) is 10.7. The van der Waals surface area contributed by atoms with Crippen molar-refractivity contribution in [2.75, 3.05) is 11.5 Å². The molecule has 1 fully saturated rings. The van der Waals surface area contributed by atoms with Gasteiger partial charge < -0.3 is 14.6 Å². The van der Waals surface area contributed by atoms with Gasteiger partial charge in [0.1, 0.15) is 11.3 Å². The van der Waals surface area contributed by atoms with Crippen molar-refractivity contribution in [3.05, 3.63) is 17.0 Å². The van der Waals surface area contributed by atoms with E-state index in [4.69, 9.17) is 9.26 Å². The minimum Gasteiger partial charge on any atom is -0.449 e. The summed E-state index contributed by atoms with van der Waals surface area (Å²) < 4.78 is 32.9. The number of sulfone groups is 1. The van der Waals surface area contributed by atoms with Gasteiger partial charge in [-0.25, -0.2) is 13.2 Å². The maximum Gasteiger partial charge on any atom is 0.344 e. The van der Waals surface area contributed by atoms with E-state index in [2.05, 4.69) is 10.5 Å². The lowest BCUT2D eigenvalue weighted by atomic mass is 10.1. The van der Waals surface area contributed by atoms with Crippen molar-refractivity contribution in [1.29, 1.82) is 0 Å². The summed E-state index contributed by atoms with van der Waals surface area (Å²) in [4.78, 5) is 24.2. The van der Waals surface area contributed by atoms with E-state index in [1.807, 2.05) is 6.92 Å². The Bertz CT molecular complexity index is 709. The van der Waals surface area contributed by atoms with Crippen LogP contribution < -0.4 is 5.32 Å². The maximum absolute atomic E-state index is 12.2. The van der Waals surface area contributed by atoms with Crippen LogP contribution in [0.1, 0.15) is 42.1 Å². The number of amides is 1. The highest BCUT2D eigenvalue weighted by molar-refractivity contribution is 7.91. The average molecular weight is 344 g/mol. The predicted molar refractivity (Wildman–Crippen MR) is 80.7 cm³/mol. The lowest BCUT2D eigenvalue weighted by molar-refractivity contribution is -0.129. The van der Waals surface area contributed by atoms with Crippen molar-refractivity contribution in [3.8, 4) is 0 Å². The number of esters is 1. The molecule has 9 heteroatoms. The van der Waals surface area contributed by atoms with Crippen LogP contribution in [0.4, 0.5) is 0 Å². The second-order valence-electron chi connectivity index (χ2n) is 5.57. The summed E-state index contributed by atoms with van der Waals surface area (Å²) in [6, 6.07) is -0.433. The number of aromatic nitrogens is 1. The lowest BCUT2D eigenvalue weighted by Crippen LogP contribution is -2.42. The summed E-state index contributed by atoms with van der Waals surface area (Å²) in [6.07, 6.45) is -0.160. The highest BCUT2D eigenvalue weighted by atomic mass is 32.2. The molecular formula is C14H20N2O6S. The quantitative estimate of drug-likeness (QED) is 0.768. The molecule has 128 valence electrons. The van der Waals surface area contributed by atoms with E-state index in [0.29, 0.717) is 24.3 Å². The highest BCUT2D eigenvalue weighted by Crippen LogP contribution is 2.16. The van der Waals surface area contributed by atoms with E-state index in [-0.39, 0.29) is 17.1 Å². The first-order valence-corrected chi connectivity index (χ1v) is 9.22. The largest absolute Gasteiger partial charge is 0.449 e. The van der Waals surface area contributed by atoms with Crippen molar-refractivity contribution in [2.45, 2.75) is 45.8 Å². The van der Waals surface area contributed by atoms with Gasteiger partial charge in [-0.05, 0) is 26.7 Å². The zero-order valence-corrected chi connectivity index (χ0v) is 14.1. The summed E-state index contributed by atoms with van der Waals surface area (Å²) >= 11 is 0. The second kappa shape index (κ2) is 6.69. The normalized spacial score (nSPS) is 20.9. The predicted octanol–water partition coefficient (Wildman–Crippen LogP) is 0.394. The fraction of sp³-hybridized carbons (Fsp3) is 0.643. The number of carbonyl (C=O) groups is 2. The molecule has 0 bridgehead atoms. The Morgan fingerprint density at radius 3 is 2.74 bits per heavy atom. The molecule has 1 aromatic rings. The van der Waals surface area contributed by atoms with Gasteiger partial charge in [0.2, 0.25) is 0 Å². The maximum atomic E-state index is 12.2. The number of nitrogens with zero attached hydrogens (tertiary/aromatic N) is 1. The number of ether oxygens (including phenoxy) is 1. The summed E-state index contributed by atoms with van der Waals surface area (Å²) in [5.41, 5.74) is 0.706. The first-order valence-electron chi connectivity index (χ1n) is 7.40. The molecule has 1 N–H and O–H groups in total. The topological polar surface area (TPSA) is 116 Å². The van der Waals surface area contributed by atoms with Crippen molar-refractivity contribution in [1.82, 2.24) is 10.5 Å². The Kier molecular flexibility index (Phi) is 5.08. The van der Waals surface area contributed by atoms with E-state index in [9.17, 15) is 18.0 Å². The van der Waals surface area contributed by atoms with Gasteiger partial charge in [-0.3, -0.25) is 4.79 Å². The summed E-state index contributed by atoms with van der Waals surface area (Å²) in [7, 11) is -3.08. The van der Waals surface area contributed by atoms with Gasteiger partial charge in [0.05, 0.1) is 17.2 Å². The molecule has 1 saturated heterocycles. The molecular weight excluding hydrogens is 324 g/mol. The average Bonchev–Trinajstić information content (AvgIpc) is 3.00. The molecule has 2 rings (SSSR count). The number of carbonyl (C=O) groups excluding carboxylic acids is 2. The zero-order chi connectivity index (χ0) is 17.2. The Morgan fingerprint density at radius 2 is 2.17 bits per heavy atom. The van der Waals surface area contributed by atoms with Crippen LogP contribution in [0.3, 0.4) is 0 Å². The van der Waals surface area contributed by atoms with Crippen molar-refractivity contribution < 1.29 is 27.3 Å². The minimum atomic E-state index is -3.08. The molecule has 0 spiro atoms. The van der Waals surface area contributed by atoms with Crippen LogP contribution in [0.2, 0.25) is 0 Å². The molecule has 1 aliphatic rings. The van der Waals surface area contributed by atoms with Gasteiger partial charge in [0, 0.05) is 6.04 Å². The third-order valence-electron chi connectivity index (χ3n) is 3.70. The smallest absolute Gasteiger partial charge is 0.344 e. The van der Waals surface area contributed by atoms with Gasteiger partial charge in [0.15, 0.2) is 15.9 Å². The third kappa shape index (κ3) is 4.10. The molecule has 1 amide bonds. The molecule has 1 aliphatic heterocycles. The van der Waals surface area contributed by atoms with Crippen molar-refractivity contribution in [3.63, 3.8) is 0 Å². The van der Waals surface area contributed by atoms with Crippen molar-refractivity contribution >= 4 is 21.7 Å². The number of hydrogen-bond acceptors (Lipinski definition) is 7. The summed E-state index contributed by atoms with van der Waals surface area (Å²) in [5.74, 6) is -0.882. The summed E-state index contributed by atoms with van der Waals surface area (Å²) in [5, 5.41) is 6.36. The van der Waals surface area contributed by atoms with Crippen LogP contribution in [0.5, 0.6) is 0 Å². The monoisotopic (exact) mass is 344 g/mol. The van der Waals surface area contributed by atoms with E-state index < -0.39 is 33.9 Å². The molecule has 2 heterocycles. The SMILES string of the molecule is CCc1noc(C)c1C(=O)O[C@H](C)C(=O)N[C@H]1CCS(=O)(=O)C1. The third-order valence-corrected chi connectivity index (χ3v) is 5.47. The molecule has 8 nitrogen and oxygen atoms in total. The molecule has 0 aromatic carbocycles. The highest BCUT2D eigenvalue weighted by Gasteiger charge is 2.31. The fourth-order valence-electron chi connectivity index (χ4n) is 2.42. The van der Waals surface area contributed by atoms with Gasteiger partial charge >= 0.3 is 5.97 Å². The Hall–Kier alpha value is -1.90. The molecule has 0 saturated carbocycles. The fourth-order valence-corrected chi connectivity index (χ4v) is 4.09. The molecule has 23 heavy (non-hydrogen) atoms. The van der Waals surface area contributed by atoms with Crippen LogP contribution in [0, 0.1) is 6.92 Å². The van der Waals surface area contributed by atoms with Crippen LogP contribution >= 0.6 is 0 Å². The van der Waals surface area contributed by atoms with Crippen molar-refractivity contribution in [2.24, 2.45) is 0 Å². The van der Waals surface area contributed by atoms with Crippen LogP contribution in [-0.2, 0) is 25.8 Å². The van der Waals surface area contributed by atoms with E-state index in [1.165, 1.54) is 6.92 Å². The van der Waals surface area contributed by atoms with Crippen LogP contribution in [0.25, 0.3) is 0 Å². The Labute approximate surface area is 134 Å². The van der Waals surface area contributed by atoms with E-state index >= 15 is 0 Å².